The number of aromatic nitrogens is 2. The lowest BCUT2D eigenvalue weighted by Crippen LogP contribution is -2.30. The predicted molar refractivity (Wildman–Crippen MR) is 58.9 cm³/mol. The smallest absolute Gasteiger partial charge is 0.224 e. The highest BCUT2D eigenvalue weighted by Crippen LogP contribution is 2.22. The molecule has 88 valence electrons. The van der Waals surface area contributed by atoms with Crippen LogP contribution < -0.4 is 5.32 Å². The number of hydrogen-bond donors (Lipinski definition) is 2. The Bertz CT molecular complexity index is 377. The van der Waals surface area contributed by atoms with Crippen LogP contribution in [0, 0.1) is 5.82 Å². The summed E-state index contributed by atoms with van der Waals surface area (Å²) >= 11 is 5.58. The maximum absolute atomic E-state index is 13.3. The van der Waals surface area contributed by atoms with E-state index < -0.39 is 5.82 Å². The third kappa shape index (κ3) is 2.80. The van der Waals surface area contributed by atoms with Gasteiger partial charge < -0.3 is 10.4 Å². The number of aliphatic hydroxyl groups excluding tert-OH is 1. The molecule has 0 amide bonds. The van der Waals surface area contributed by atoms with Crippen molar-refractivity contribution < 1.29 is 9.50 Å². The molecule has 2 unspecified atom stereocenters. The first-order chi connectivity index (χ1) is 7.65. The maximum atomic E-state index is 13.3. The van der Waals surface area contributed by atoms with Crippen molar-refractivity contribution in [1.29, 1.82) is 0 Å². The van der Waals surface area contributed by atoms with Gasteiger partial charge in [-0.15, -0.1) is 0 Å². The van der Waals surface area contributed by atoms with Gasteiger partial charge in [0.15, 0.2) is 11.6 Å². The molecule has 1 aliphatic carbocycles. The van der Waals surface area contributed by atoms with Gasteiger partial charge in [0.1, 0.15) is 0 Å². The topological polar surface area (TPSA) is 58.0 Å². The lowest BCUT2D eigenvalue weighted by Gasteiger charge is -2.27. The summed E-state index contributed by atoms with van der Waals surface area (Å²) in [6, 6.07) is 0.0456. The van der Waals surface area contributed by atoms with Crippen LogP contribution in [-0.4, -0.2) is 27.2 Å². The summed E-state index contributed by atoms with van der Waals surface area (Å²) in [6.07, 6.45) is 3.98. The first-order valence-corrected chi connectivity index (χ1v) is 5.65. The first kappa shape index (κ1) is 11.5. The molecule has 2 atom stereocenters. The number of nitrogens with zero attached hydrogens (tertiary/aromatic N) is 2. The van der Waals surface area contributed by atoms with Gasteiger partial charge in [-0.25, -0.2) is 9.37 Å². The minimum atomic E-state index is -0.524. The fraction of sp³-hybridized carbons (Fsp3) is 0.600. The van der Waals surface area contributed by atoms with E-state index in [-0.39, 0.29) is 23.2 Å². The molecule has 4 nitrogen and oxygen atoms in total. The second kappa shape index (κ2) is 4.93. The number of aliphatic hydroxyl groups is 1. The van der Waals surface area contributed by atoms with Crippen molar-refractivity contribution >= 4 is 17.4 Å². The van der Waals surface area contributed by atoms with E-state index >= 15 is 0 Å². The van der Waals surface area contributed by atoms with Crippen LogP contribution in [0.15, 0.2) is 6.20 Å². The minimum absolute atomic E-state index is 0.0141. The summed E-state index contributed by atoms with van der Waals surface area (Å²) in [5.74, 6) is -0.413. The fourth-order valence-electron chi connectivity index (χ4n) is 1.94. The van der Waals surface area contributed by atoms with Crippen molar-refractivity contribution in [3.8, 4) is 0 Å². The van der Waals surface area contributed by atoms with Gasteiger partial charge in [-0.2, -0.15) is 4.98 Å². The largest absolute Gasteiger partial charge is 0.393 e. The van der Waals surface area contributed by atoms with Crippen LogP contribution in [0.4, 0.5) is 10.2 Å². The quantitative estimate of drug-likeness (QED) is 0.783. The Kier molecular flexibility index (Phi) is 3.56. The van der Waals surface area contributed by atoms with E-state index in [0.29, 0.717) is 6.42 Å². The van der Waals surface area contributed by atoms with Gasteiger partial charge in [-0.1, -0.05) is 0 Å². The molecule has 6 heteroatoms. The number of hydrogen-bond acceptors (Lipinski definition) is 4. The van der Waals surface area contributed by atoms with Gasteiger partial charge >= 0.3 is 0 Å². The van der Waals surface area contributed by atoms with Crippen molar-refractivity contribution in [3.05, 3.63) is 17.3 Å². The van der Waals surface area contributed by atoms with Gasteiger partial charge in [0.2, 0.25) is 5.28 Å². The van der Waals surface area contributed by atoms with Crippen LogP contribution in [0.3, 0.4) is 0 Å². The van der Waals surface area contributed by atoms with Crippen molar-refractivity contribution in [2.24, 2.45) is 0 Å². The molecule has 2 rings (SSSR count). The molecule has 0 aromatic carbocycles. The Morgan fingerprint density at radius 3 is 3.06 bits per heavy atom. The summed E-state index contributed by atoms with van der Waals surface area (Å²) in [6.45, 7) is 0. The SMILES string of the molecule is OC1CCCC(Nc2nc(Cl)ncc2F)C1. The zero-order chi connectivity index (χ0) is 11.5. The molecular formula is C10H13ClFN3O. The van der Waals surface area contributed by atoms with Gasteiger partial charge in [0.25, 0.3) is 0 Å². The third-order valence-electron chi connectivity index (χ3n) is 2.70. The minimum Gasteiger partial charge on any atom is -0.393 e. The van der Waals surface area contributed by atoms with Gasteiger partial charge in [-0.05, 0) is 37.3 Å². The van der Waals surface area contributed by atoms with E-state index in [1.54, 1.807) is 0 Å². The third-order valence-corrected chi connectivity index (χ3v) is 2.88. The van der Waals surface area contributed by atoms with Crippen LogP contribution in [0.5, 0.6) is 0 Å². The Morgan fingerprint density at radius 1 is 1.50 bits per heavy atom. The fourth-order valence-corrected chi connectivity index (χ4v) is 2.07. The summed E-state index contributed by atoms with van der Waals surface area (Å²) in [7, 11) is 0. The average molecular weight is 246 g/mol. The highest BCUT2D eigenvalue weighted by Gasteiger charge is 2.21. The van der Waals surface area contributed by atoms with Crippen LogP contribution in [0.2, 0.25) is 5.28 Å². The van der Waals surface area contributed by atoms with Gasteiger partial charge in [-0.3, -0.25) is 0 Å². The van der Waals surface area contributed by atoms with Crippen LogP contribution in [0.1, 0.15) is 25.7 Å². The molecule has 1 aromatic heterocycles. The lowest BCUT2D eigenvalue weighted by molar-refractivity contribution is 0.124. The number of halogens is 2. The Balaban J connectivity index is 2.05. The van der Waals surface area contributed by atoms with Crippen LogP contribution in [0.25, 0.3) is 0 Å². The van der Waals surface area contributed by atoms with Crippen LogP contribution in [-0.2, 0) is 0 Å². The van der Waals surface area contributed by atoms with Crippen molar-refractivity contribution in [1.82, 2.24) is 9.97 Å². The van der Waals surface area contributed by atoms with Crippen molar-refractivity contribution in [2.45, 2.75) is 37.8 Å². The number of anilines is 1. The van der Waals surface area contributed by atoms with E-state index in [2.05, 4.69) is 15.3 Å². The molecule has 0 aliphatic heterocycles. The van der Waals surface area contributed by atoms with E-state index in [1.165, 1.54) is 0 Å². The van der Waals surface area contributed by atoms with Crippen LogP contribution >= 0.6 is 11.6 Å². The molecule has 0 radical (unpaired) electrons. The molecular weight excluding hydrogens is 233 g/mol. The standard InChI is InChI=1S/C10H13ClFN3O/c11-10-13-5-8(12)9(15-10)14-6-2-1-3-7(16)4-6/h5-7,16H,1-4H2,(H,13,14,15). The molecule has 1 aromatic rings. The van der Waals surface area contributed by atoms with Gasteiger partial charge in [0, 0.05) is 6.04 Å². The highest BCUT2D eigenvalue weighted by atomic mass is 35.5. The summed E-state index contributed by atoms with van der Waals surface area (Å²) < 4.78 is 13.3. The number of nitrogens with one attached hydrogen (secondary N) is 1. The average Bonchev–Trinajstić information content (AvgIpc) is 2.24. The van der Waals surface area contributed by atoms with E-state index in [0.717, 1.165) is 25.5 Å². The molecule has 1 fully saturated rings. The molecule has 1 aliphatic rings. The summed E-state index contributed by atoms with van der Waals surface area (Å²) in [4.78, 5) is 7.32. The second-order valence-electron chi connectivity index (χ2n) is 4.00. The Morgan fingerprint density at radius 2 is 2.31 bits per heavy atom. The monoisotopic (exact) mass is 245 g/mol. The summed E-state index contributed by atoms with van der Waals surface area (Å²) in [5, 5.41) is 12.5. The summed E-state index contributed by atoms with van der Waals surface area (Å²) in [5.41, 5.74) is 0. The maximum Gasteiger partial charge on any atom is 0.224 e. The normalized spacial score (nSPS) is 25.4. The van der Waals surface area contributed by atoms with E-state index in [1.807, 2.05) is 0 Å². The molecule has 0 bridgehead atoms. The Labute approximate surface area is 97.9 Å². The molecule has 1 heterocycles. The molecule has 0 saturated heterocycles. The molecule has 16 heavy (non-hydrogen) atoms. The first-order valence-electron chi connectivity index (χ1n) is 5.28. The highest BCUT2D eigenvalue weighted by molar-refractivity contribution is 6.28. The number of rotatable bonds is 2. The van der Waals surface area contributed by atoms with Gasteiger partial charge in [0.05, 0.1) is 12.3 Å². The molecule has 2 N–H and O–H groups in total. The van der Waals surface area contributed by atoms with E-state index in [9.17, 15) is 9.50 Å². The van der Waals surface area contributed by atoms with Crippen molar-refractivity contribution in [3.63, 3.8) is 0 Å². The van der Waals surface area contributed by atoms with Crippen molar-refractivity contribution in [2.75, 3.05) is 5.32 Å². The lowest BCUT2D eigenvalue weighted by atomic mass is 9.93. The predicted octanol–water partition coefficient (Wildman–Crippen LogP) is 1.98. The zero-order valence-electron chi connectivity index (χ0n) is 8.66. The molecule has 1 saturated carbocycles. The zero-order valence-corrected chi connectivity index (χ0v) is 9.41. The Hall–Kier alpha value is -0.940. The molecule has 0 spiro atoms. The second-order valence-corrected chi connectivity index (χ2v) is 4.34. The van der Waals surface area contributed by atoms with E-state index in [4.69, 9.17) is 11.6 Å².